The number of benzene rings is 1. The van der Waals surface area contributed by atoms with Crippen molar-refractivity contribution in [1.29, 1.82) is 5.26 Å². The Kier molecular flexibility index (Phi) is 6.03. The molecule has 0 heterocycles. The van der Waals surface area contributed by atoms with E-state index in [1.807, 2.05) is 36.4 Å². The summed E-state index contributed by atoms with van der Waals surface area (Å²) in [5.74, 6) is 0. The number of nitrogens with zero attached hydrogens (tertiary/aromatic N) is 1. The van der Waals surface area contributed by atoms with Crippen LogP contribution in [-0.4, -0.2) is 0 Å². The number of rotatable bonds is 6. The van der Waals surface area contributed by atoms with Crippen LogP contribution in [-0.2, 0) is 0 Å². The molecule has 0 saturated heterocycles. The molecule has 0 saturated carbocycles. The second kappa shape index (κ2) is 7.70. The summed E-state index contributed by atoms with van der Waals surface area (Å²) < 4.78 is 0. The molecule has 0 atom stereocenters. The lowest BCUT2D eigenvalue weighted by Crippen LogP contribution is -1.82. The van der Waals surface area contributed by atoms with Crippen molar-refractivity contribution < 1.29 is 0 Å². The van der Waals surface area contributed by atoms with Gasteiger partial charge in [-0.15, -0.1) is 0 Å². The van der Waals surface area contributed by atoms with Gasteiger partial charge in [-0.3, -0.25) is 0 Å². The van der Waals surface area contributed by atoms with Crippen molar-refractivity contribution >= 4 is 6.08 Å². The standard InChI is InChI=1S/C15H19N/c1-2-3-4-6-11-15(13-16)12-14-9-7-5-8-10-14/h5,7-10,12H,2-4,6,11H2,1H3. The second-order valence-corrected chi connectivity index (χ2v) is 4.00. The Morgan fingerprint density at radius 3 is 2.56 bits per heavy atom. The minimum atomic E-state index is 0.891. The van der Waals surface area contributed by atoms with Crippen LogP contribution < -0.4 is 0 Å². The normalized spacial score (nSPS) is 11.1. The van der Waals surface area contributed by atoms with Crippen molar-refractivity contribution in [3.8, 4) is 6.07 Å². The fourth-order valence-corrected chi connectivity index (χ4v) is 1.65. The molecule has 0 spiro atoms. The van der Waals surface area contributed by atoms with Gasteiger partial charge in [0.2, 0.25) is 0 Å². The van der Waals surface area contributed by atoms with Gasteiger partial charge in [0.1, 0.15) is 0 Å². The lowest BCUT2D eigenvalue weighted by Gasteiger charge is -1.99. The van der Waals surface area contributed by atoms with Crippen molar-refractivity contribution in [3.63, 3.8) is 0 Å². The van der Waals surface area contributed by atoms with E-state index in [1.54, 1.807) is 0 Å². The molecule has 0 amide bonds. The Hall–Kier alpha value is -1.55. The first kappa shape index (κ1) is 12.5. The van der Waals surface area contributed by atoms with Crippen LogP contribution in [0, 0.1) is 11.3 Å². The maximum atomic E-state index is 9.03. The Morgan fingerprint density at radius 2 is 1.94 bits per heavy atom. The zero-order valence-electron chi connectivity index (χ0n) is 9.95. The molecule has 1 aromatic carbocycles. The van der Waals surface area contributed by atoms with E-state index in [0.717, 1.165) is 24.0 Å². The van der Waals surface area contributed by atoms with Gasteiger partial charge in [0.05, 0.1) is 6.07 Å². The van der Waals surface area contributed by atoms with E-state index in [4.69, 9.17) is 5.26 Å². The summed E-state index contributed by atoms with van der Waals surface area (Å²) >= 11 is 0. The first-order valence-electron chi connectivity index (χ1n) is 6.02. The summed E-state index contributed by atoms with van der Waals surface area (Å²) in [6.07, 6.45) is 7.76. The molecule has 0 radical (unpaired) electrons. The summed E-state index contributed by atoms with van der Waals surface area (Å²) in [4.78, 5) is 0. The van der Waals surface area contributed by atoms with Crippen LogP contribution in [0.5, 0.6) is 0 Å². The highest BCUT2D eigenvalue weighted by Gasteiger charge is 1.96. The number of hydrogen-bond donors (Lipinski definition) is 0. The SMILES string of the molecule is CCCCCCC(C#N)=Cc1ccccc1. The predicted molar refractivity (Wildman–Crippen MR) is 68.8 cm³/mol. The monoisotopic (exact) mass is 213 g/mol. The van der Waals surface area contributed by atoms with Gasteiger partial charge in [0, 0.05) is 5.57 Å². The van der Waals surface area contributed by atoms with Gasteiger partial charge in [0.15, 0.2) is 0 Å². The molecule has 0 unspecified atom stereocenters. The van der Waals surface area contributed by atoms with Crippen LogP contribution in [0.2, 0.25) is 0 Å². The third kappa shape index (κ3) is 4.79. The third-order valence-corrected chi connectivity index (χ3v) is 2.58. The third-order valence-electron chi connectivity index (χ3n) is 2.58. The quantitative estimate of drug-likeness (QED) is 0.502. The van der Waals surface area contributed by atoms with Gasteiger partial charge in [-0.1, -0.05) is 56.5 Å². The van der Waals surface area contributed by atoms with Gasteiger partial charge in [0.25, 0.3) is 0 Å². The Morgan fingerprint density at radius 1 is 1.19 bits per heavy atom. The molecule has 1 heteroatoms. The number of unbranched alkanes of at least 4 members (excludes halogenated alkanes) is 3. The van der Waals surface area contributed by atoms with E-state index in [2.05, 4.69) is 13.0 Å². The van der Waals surface area contributed by atoms with Gasteiger partial charge in [-0.2, -0.15) is 5.26 Å². The topological polar surface area (TPSA) is 23.8 Å². The van der Waals surface area contributed by atoms with Gasteiger partial charge >= 0.3 is 0 Å². The molecule has 1 nitrogen and oxygen atoms in total. The Balaban J connectivity index is 2.48. The Bertz CT molecular complexity index is 357. The van der Waals surface area contributed by atoms with Gasteiger partial charge < -0.3 is 0 Å². The zero-order chi connectivity index (χ0) is 11.6. The molecular weight excluding hydrogens is 194 g/mol. The lowest BCUT2D eigenvalue weighted by molar-refractivity contribution is 0.670. The molecule has 0 fully saturated rings. The van der Waals surface area contributed by atoms with Crippen LogP contribution >= 0.6 is 0 Å². The van der Waals surface area contributed by atoms with E-state index in [-0.39, 0.29) is 0 Å². The second-order valence-electron chi connectivity index (χ2n) is 4.00. The van der Waals surface area contributed by atoms with E-state index in [9.17, 15) is 0 Å². The van der Waals surface area contributed by atoms with Gasteiger partial charge in [-0.25, -0.2) is 0 Å². The highest BCUT2D eigenvalue weighted by molar-refractivity contribution is 5.56. The predicted octanol–water partition coefficient (Wildman–Crippen LogP) is 4.56. The summed E-state index contributed by atoms with van der Waals surface area (Å²) in [6, 6.07) is 12.3. The summed E-state index contributed by atoms with van der Waals surface area (Å²) in [6.45, 7) is 2.20. The minimum absolute atomic E-state index is 0.891. The summed E-state index contributed by atoms with van der Waals surface area (Å²) in [5.41, 5.74) is 2.01. The number of hydrogen-bond acceptors (Lipinski definition) is 1. The maximum absolute atomic E-state index is 9.03. The average Bonchev–Trinajstić information content (AvgIpc) is 2.34. The van der Waals surface area contributed by atoms with Crippen LogP contribution in [0.3, 0.4) is 0 Å². The molecule has 0 aliphatic heterocycles. The molecule has 16 heavy (non-hydrogen) atoms. The average molecular weight is 213 g/mol. The molecule has 0 N–H and O–H groups in total. The highest BCUT2D eigenvalue weighted by Crippen LogP contribution is 2.13. The smallest absolute Gasteiger partial charge is 0.0947 e. The van der Waals surface area contributed by atoms with E-state index >= 15 is 0 Å². The molecule has 0 aliphatic rings. The number of allylic oxidation sites excluding steroid dienone is 1. The van der Waals surface area contributed by atoms with Crippen LogP contribution in [0.4, 0.5) is 0 Å². The molecule has 0 aromatic heterocycles. The van der Waals surface area contributed by atoms with Crippen molar-refractivity contribution in [1.82, 2.24) is 0 Å². The van der Waals surface area contributed by atoms with Crippen molar-refractivity contribution in [2.24, 2.45) is 0 Å². The summed E-state index contributed by atoms with van der Waals surface area (Å²) in [5, 5.41) is 9.03. The van der Waals surface area contributed by atoms with E-state index in [1.165, 1.54) is 19.3 Å². The van der Waals surface area contributed by atoms with Crippen LogP contribution in [0.1, 0.15) is 44.6 Å². The Labute approximate surface area is 98.4 Å². The van der Waals surface area contributed by atoms with Crippen LogP contribution in [0.15, 0.2) is 35.9 Å². The highest BCUT2D eigenvalue weighted by atomic mass is 14.2. The molecule has 0 bridgehead atoms. The van der Waals surface area contributed by atoms with Crippen molar-refractivity contribution in [3.05, 3.63) is 41.5 Å². The molecule has 0 aliphatic carbocycles. The maximum Gasteiger partial charge on any atom is 0.0947 e. The fourth-order valence-electron chi connectivity index (χ4n) is 1.65. The lowest BCUT2D eigenvalue weighted by atomic mass is 10.0. The minimum Gasteiger partial charge on any atom is -0.193 e. The molecular formula is C15H19N. The molecule has 1 rings (SSSR count). The van der Waals surface area contributed by atoms with Crippen molar-refractivity contribution in [2.75, 3.05) is 0 Å². The van der Waals surface area contributed by atoms with Gasteiger partial charge in [-0.05, 0) is 24.5 Å². The largest absolute Gasteiger partial charge is 0.193 e. The van der Waals surface area contributed by atoms with Crippen molar-refractivity contribution in [2.45, 2.75) is 39.0 Å². The first-order chi connectivity index (χ1) is 7.86. The van der Waals surface area contributed by atoms with Crippen LogP contribution in [0.25, 0.3) is 6.08 Å². The zero-order valence-corrected chi connectivity index (χ0v) is 9.95. The fraction of sp³-hybridized carbons (Fsp3) is 0.400. The molecule has 84 valence electrons. The van der Waals surface area contributed by atoms with E-state index < -0.39 is 0 Å². The molecule has 1 aromatic rings. The first-order valence-corrected chi connectivity index (χ1v) is 6.02. The van der Waals surface area contributed by atoms with E-state index in [0.29, 0.717) is 0 Å². The number of nitriles is 1. The summed E-state index contributed by atoms with van der Waals surface area (Å²) in [7, 11) is 0.